The average Bonchev–Trinajstić information content (AvgIpc) is 2.60. The van der Waals surface area contributed by atoms with Crippen LogP contribution in [0.4, 0.5) is 0 Å². The first kappa shape index (κ1) is 10.4. The molecule has 0 saturated heterocycles. The van der Waals surface area contributed by atoms with Crippen LogP contribution in [0.3, 0.4) is 0 Å². The van der Waals surface area contributed by atoms with E-state index < -0.39 is 5.97 Å². The van der Waals surface area contributed by atoms with Gasteiger partial charge in [-0.25, -0.2) is 4.79 Å². The van der Waals surface area contributed by atoms with Crippen LogP contribution in [0, 0.1) is 0 Å². The molecular formula is C9H12O5. The highest BCUT2D eigenvalue weighted by Crippen LogP contribution is 2.33. The van der Waals surface area contributed by atoms with E-state index in [4.69, 9.17) is 18.6 Å². The van der Waals surface area contributed by atoms with Gasteiger partial charge in [0.15, 0.2) is 0 Å². The molecule has 14 heavy (non-hydrogen) atoms. The largest absolute Gasteiger partial charge is 0.490 e. The second-order valence-electron chi connectivity index (χ2n) is 2.39. The summed E-state index contributed by atoms with van der Waals surface area (Å²) in [6.07, 6.45) is 1.30. The first-order chi connectivity index (χ1) is 6.74. The molecule has 0 atom stereocenters. The number of esters is 1. The van der Waals surface area contributed by atoms with Crippen molar-refractivity contribution in [2.45, 2.75) is 6.92 Å². The van der Waals surface area contributed by atoms with Crippen LogP contribution < -0.4 is 9.47 Å². The standard InChI is InChI=1S/C9H12O5/c1-4-13-9(10)8-7(12-3)6(11-2)5-14-8/h5H,4H2,1-3H3. The Balaban J connectivity index is 2.96. The van der Waals surface area contributed by atoms with Gasteiger partial charge in [-0.05, 0) is 6.92 Å². The van der Waals surface area contributed by atoms with Crippen molar-refractivity contribution in [3.63, 3.8) is 0 Å². The van der Waals surface area contributed by atoms with E-state index in [0.29, 0.717) is 5.75 Å². The third kappa shape index (κ3) is 1.81. The van der Waals surface area contributed by atoms with Crippen molar-refractivity contribution in [1.29, 1.82) is 0 Å². The van der Waals surface area contributed by atoms with Crippen LogP contribution in [0.25, 0.3) is 0 Å². The van der Waals surface area contributed by atoms with Crippen LogP contribution in [0.2, 0.25) is 0 Å². The number of ether oxygens (including phenoxy) is 3. The summed E-state index contributed by atoms with van der Waals surface area (Å²) in [5.41, 5.74) is 0. The third-order valence-electron chi connectivity index (χ3n) is 1.60. The van der Waals surface area contributed by atoms with Gasteiger partial charge in [-0.2, -0.15) is 0 Å². The third-order valence-corrected chi connectivity index (χ3v) is 1.60. The molecule has 1 aromatic heterocycles. The Morgan fingerprint density at radius 1 is 1.43 bits per heavy atom. The Kier molecular flexibility index (Phi) is 3.39. The van der Waals surface area contributed by atoms with Crippen LogP contribution >= 0.6 is 0 Å². The fourth-order valence-corrected chi connectivity index (χ4v) is 1.00. The molecule has 5 nitrogen and oxygen atoms in total. The van der Waals surface area contributed by atoms with Crippen LogP contribution in [0.5, 0.6) is 11.5 Å². The summed E-state index contributed by atoms with van der Waals surface area (Å²) >= 11 is 0. The van der Waals surface area contributed by atoms with Crippen molar-refractivity contribution in [1.82, 2.24) is 0 Å². The minimum absolute atomic E-state index is 0.0196. The summed E-state index contributed by atoms with van der Waals surface area (Å²) in [7, 11) is 2.89. The number of rotatable bonds is 4. The van der Waals surface area contributed by atoms with E-state index in [0.717, 1.165) is 0 Å². The zero-order chi connectivity index (χ0) is 10.6. The van der Waals surface area contributed by atoms with Crippen molar-refractivity contribution in [2.75, 3.05) is 20.8 Å². The molecule has 0 spiro atoms. The van der Waals surface area contributed by atoms with E-state index in [1.54, 1.807) is 6.92 Å². The molecule has 0 amide bonds. The smallest absolute Gasteiger partial charge is 0.378 e. The Labute approximate surface area is 81.6 Å². The lowest BCUT2D eigenvalue weighted by Crippen LogP contribution is -2.04. The van der Waals surface area contributed by atoms with Crippen molar-refractivity contribution in [3.8, 4) is 11.5 Å². The maximum Gasteiger partial charge on any atom is 0.378 e. The number of carbonyl (C=O) groups excluding carboxylic acids is 1. The Morgan fingerprint density at radius 3 is 2.64 bits per heavy atom. The summed E-state index contributed by atoms with van der Waals surface area (Å²) in [5, 5.41) is 0. The SMILES string of the molecule is CCOC(=O)c1occ(OC)c1OC. The molecule has 0 radical (unpaired) electrons. The molecule has 0 aliphatic rings. The van der Waals surface area contributed by atoms with Crippen molar-refractivity contribution in [2.24, 2.45) is 0 Å². The van der Waals surface area contributed by atoms with E-state index in [2.05, 4.69) is 0 Å². The van der Waals surface area contributed by atoms with Gasteiger partial charge in [-0.15, -0.1) is 0 Å². The van der Waals surface area contributed by atoms with Crippen molar-refractivity contribution < 1.29 is 23.4 Å². The lowest BCUT2D eigenvalue weighted by Gasteiger charge is -2.02. The number of carbonyl (C=O) groups is 1. The number of hydrogen-bond donors (Lipinski definition) is 0. The first-order valence-electron chi connectivity index (χ1n) is 4.11. The quantitative estimate of drug-likeness (QED) is 0.689. The highest BCUT2D eigenvalue weighted by Gasteiger charge is 2.22. The van der Waals surface area contributed by atoms with Gasteiger partial charge < -0.3 is 18.6 Å². The van der Waals surface area contributed by atoms with E-state index >= 15 is 0 Å². The van der Waals surface area contributed by atoms with Gasteiger partial charge in [0.1, 0.15) is 6.26 Å². The summed E-state index contributed by atoms with van der Waals surface area (Å²) in [6, 6.07) is 0. The average molecular weight is 200 g/mol. The topological polar surface area (TPSA) is 57.9 Å². The molecule has 5 heteroatoms. The molecule has 78 valence electrons. The van der Waals surface area contributed by atoms with Gasteiger partial charge in [-0.3, -0.25) is 0 Å². The number of furan rings is 1. The van der Waals surface area contributed by atoms with Gasteiger partial charge in [0, 0.05) is 0 Å². The summed E-state index contributed by atoms with van der Waals surface area (Å²) in [6.45, 7) is 2.00. The fraction of sp³-hybridized carbons (Fsp3) is 0.444. The van der Waals surface area contributed by atoms with E-state index in [-0.39, 0.29) is 18.1 Å². The molecule has 0 saturated carbocycles. The lowest BCUT2D eigenvalue weighted by atomic mass is 10.4. The van der Waals surface area contributed by atoms with E-state index in [9.17, 15) is 4.79 Å². The molecule has 1 rings (SSSR count). The predicted molar refractivity (Wildman–Crippen MR) is 47.8 cm³/mol. The summed E-state index contributed by atoms with van der Waals surface area (Å²) in [5.74, 6) is 0.0837. The Bertz CT molecular complexity index is 315. The van der Waals surface area contributed by atoms with Gasteiger partial charge in [0.05, 0.1) is 20.8 Å². The maximum absolute atomic E-state index is 11.3. The molecule has 0 N–H and O–H groups in total. The minimum atomic E-state index is -0.562. The van der Waals surface area contributed by atoms with Crippen molar-refractivity contribution >= 4 is 5.97 Å². The molecule has 0 aliphatic heterocycles. The van der Waals surface area contributed by atoms with Crippen LogP contribution in [0.15, 0.2) is 10.7 Å². The molecule has 0 unspecified atom stereocenters. The molecule has 1 heterocycles. The molecule has 0 bridgehead atoms. The Hall–Kier alpha value is -1.65. The molecule has 0 fully saturated rings. The normalized spacial score (nSPS) is 9.64. The van der Waals surface area contributed by atoms with Gasteiger partial charge in [0.2, 0.25) is 11.5 Å². The highest BCUT2D eigenvalue weighted by molar-refractivity contribution is 5.90. The minimum Gasteiger partial charge on any atom is -0.490 e. The van der Waals surface area contributed by atoms with Crippen LogP contribution in [-0.2, 0) is 4.74 Å². The second-order valence-corrected chi connectivity index (χ2v) is 2.39. The van der Waals surface area contributed by atoms with Crippen molar-refractivity contribution in [3.05, 3.63) is 12.0 Å². The van der Waals surface area contributed by atoms with Gasteiger partial charge in [0.25, 0.3) is 5.76 Å². The summed E-state index contributed by atoms with van der Waals surface area (Å²) in [4.78, 5) is 11.3. The zero-order valence-electron chi connectivity index (χ0n) is 8.33. The van der Waals surface area contributed by atoms with Crippen LogP contribution in [-0.4, -0.2) is 26.8 Å². The molecule has 0 aliphatic carbocycles. The van der Waals surface area contributed by atoms with E-state index in [1.165, 1.54) is 20.5 Å². The monoisotopic (exact) mass is 200 g/mol. The maximum atomic E-state index is 11.3. The highest BCUT2D eigenvalue weighted by atomic mass is 16.6. The van der Waals surface area contributed by atoms with Gasteiger partial charge in [-0.1, -0.05) is 0 Å². The van der Waals surface area contributed by atoms with Gasteiger partial charge >= 0.3 is 5.97 Å². The Morgan fingerprint density at radius 2 is 2.14 bits per heavy atom. The van der Waals surface area contributed by atoms with E-state index in [1.807, 2.05) is 0 Å². The zero-order valence-corrected chi connectivity index (χ0v) is 8.33. The van der Waals surface area contributed by atoms with Crippen LogP contribution in [0.1, 0.15) is 17.5 Å². The predicted octanol–water partition coefficient (Wildman–Crippen LogP) is 1.47. The second kappa shape index (κ2) is 4.55. The lowest BCUT2D eigenvalue weighted by molar-refractivity contribution is 0.0485. The molecule has 0 aromatic carbocycles. The number of methoxy groups -OCH3 is 2. The molecule has 1 aromatic rings. The first-order valence-corrected chi connectivity index (χ1v) is 4.11. The summed E-state index contributed by atoms with van der Waals surface area (Å²) < 4.78 is 19.6. The molecular weight excluding hydrogens is 188 g/mol. The fourth-order valence-electron chi connectivity index (χ4n) is 1.00. The number of hydrogen-bond acceptors (Lipinski definition) is 5.